The van der Waals surface area contributed by atoms with Crippen molar-refractivity contribution in [3.63, 3.8) is 0 Å². The molecule has 5 heteroatoms. The zero-order valence-electron chi connectivity index (χ0n) is 6.00. The molecule has 2 N–H and O–H groups in total. The lowest BCUT2D eigenvalue weighted by molar-refractivity contribution is 0.947. The van der Waals surface area contributed by atoms with Gasteiger partial charge in [-0.15, -0.1) is 0 Å². The van der Waals surface area contributed by atoms with E-state index in [1.807, 2.05) is 0 Å². The predicted octanol–water partition coefficient (Wildman–Crippen LogP) is -0.400. The van der Waals surface area contributed by atoms with Crippen LogP contribution < -0.4 is 11.1 Å². The molecule has 0 unspecified atom stereocenters. The van der Waals surface area contributed by atoms with E-state index in [1.165, 1.54) is 6.08 Å². The summed E-state index contributed by atoms with van der Waals surface area (Å²) in [5.41, 5.74) is -0.673. The van der Waals surface area contributed by atoms with E-state index in [9.17, 15) is 9.59 Å². The van der Waals surface area contributed by atoms with Gasteiger partial charge in [0, 0.05) is 17.7 Å². The van der Waals surface area contributed by atoms with Crippen molar-refractivity contribution in [2.45, 2.75) is 0 Å². The van der Waals surface area contributed by atoms with Crippen LogP contribution in [0.15, 0.2) is 21.7 Å². The summed E-state index contributed by atoms with van der Waals surface area (Å²) in [5.74, 6) is 0. The second kappa shape index (κ2) is 3.34. The Morgan fingerprint density at radius 2 is 2.17 bits per heavy atom. The molecule has 12 heavy (non-hydrogen) atoms. The predicted molar refractivity (Wildman–Crippen MR) is 42.3 cm³/mol. The number of H-pyrrole nitrogens is 2. The average Bonchev–Trinajstić information content (AvgIpc) is 2.07. The smallest absolute Gasteiger partial charge is 0.268 e. The Morgan fingerprint density at radius 3 is 2.83 bits per heavy atom. The molecule has 0 spiro atoms. The van der Waals surface area contributed by atoms with Gasteiger partial charge in [-0.25, -0.2) is 0 Å². The first-order valence-corrected chi connectivity index (χ1v) is 3.12. The lowest BCUT2D eigenvalue weighted by atomic mass is 10.3. The first-order valence-electron chi connectivity index (χ1n) is 3.12. The third-order valence-electron chi connectivity index (χ3n) is 1.19. The molecule has 0 saturated heterocycles. The van der Waals surface area contributed by atoms with Crippen LogP contribution >= 0.6 is 0 Å². The van der Waals surface area contributed by atoms with Crippen LogP contribution in [0.2, 0.25) is 0 Å². The fraction of sp³-hybridized carbons (Fsp3) is 0. The van der Waals surface area contributed by atoms with Crippen molar-refractivity contribution in [1.29, 1.82) is 5.26 Å². The van der Waals surface area contributed by atoms with E-state index < -0.39 is 11.1 Å². The Balaban J connectivity index is 3.26. The molecule has 0 saturated carbocycles. The van der Waals surface area contributed by atoms with Gasteiger partial charge in [-0.1, -0.05) is 0 Å². The van der Waals surface area contributed by atoms with E-state index >= 15 is 0 Å². The van der Waals surface area contributed by atoms with Crippen molar-refractivity contribution >= 4 is 6.08 Å². The van der Waals surface area contributed by atoms with Crippen molar-refractivity contribution in [2.24, 2.45) is 0 Å². The minimum Gasteiger partial charge on any atom is -0.268 e. The lowest BCUT2D eigenvalue weighted by Gasteiger charge is -1.87. The Hall–Kier alpha value is -2.09. The molecule has 1 rings (SSSR count). The van der Waals surface area contributed by atoms with E-state index in [0.29, 0.717) is 0 Å². The van der Waals surface area contributed by atoms with Gasteiger partial charge in [0.2, 0.25) is 0 Å². The van der Waals surface area contributed by atoms with Gasteiger partial charge in [-0.2, -0.15) is 5.26 Å². The Labute approximate surface area is 67.0 Å². The molecule has 0 aliphatic carbocycles. The zero-order valence-corrected chi connectivity index (χ0v) is 6.00. The number of rotatable bonds is 1. The van der Waals surface area contributed by atoms with E-state index in [4.69, 9.17) is 5.26 Å². The highest BCUT2D eigenvalue weighted by molar-refractivity contribution is 5.49. The largest absolute Gasteiger partial charge is 0.269 e. The number of hydrogen-bond donors (Lipinski definition) is 2. The number of hydrogen-bond acceptors (Lipinski definition) is 3. The number of aromatic nitrogens is 2. The van der Waals surface area contributed by atoms with Crippen molar-refractivity contribution in [3.05, 3.63) is 38.4 Å². The van der Waals surface area contributed by atoms with Crippen LogP contribution in [0, 0.1) is 11.3 Å². The second-order valence-electron chi connectivity index (χ2n) is 2.01. The van der Waals surface area contributed by atoms with Crippen LogP contribution in [-0.4, -0.2) is 10.2 Å². The maximum absolute atomic E-state index is 10.9. The van der Waals surface area contributed by atoms with Gasteiger partial charge in [0.1, 0.15) is 0 Å². The minimum atomic E-state index is -0.430. The molecule has 0 bridgehead atoms. The lowest BCUT2D eigenvalue weighted by Crippen LogP contribution is -2.19. The summed E-state index contributed by atoms with van der Waals surface area (Å²) in [5, 5.41) is 12.4. The molecule has 0 aliphatic rings. The fourth-order valence-electron chi connectivity index (χ4n) is 0.684. The van der Waals surface area contributed by atoms with Gasteiger partial charge in [0.05, 0.1) is 6.07 Å². The number of aromatic amines is 2. The first kappa shape index (κ1) is 8.01. The van der Waals surface area contributed by atoms with E-state index in [0.717, 1.165) is 12.1 Å². The summed E-state index contributed by atoms with van der Waals surface area (Å²) in [6, 6.07) is 2.84. The minimum absolute atomic E-state index is 0.167. The third-order valence-corrected chi connectivity index (χ3v) is 1.19. The summed E-state index contributed by atoms with van der Waals surface area (Å²) in [4.78, 5) is 21.6. The summed E-state index contributed by atoms with van der Waals surface area (Å²) >= 11 is 0. The maximum Gasteiger partial charge on any atom is 0.269 e. The van der Waals surface area contributed by atoms with Gasteiger partial charge in [-0.05, 0) is 6.08 Å². The second-order valence-corrected chi connectivity index (χ2v) is 2.01. The van der Waals surface area contributed by atoms with Crippen LogP contribution in [0.5, 0.6) is 0 Å². The van der Waals surface area contributed by atoms with Gasteiger partial charge in [-0.3, -0.25) is 19.8 Å². The molecule has 0 radical (unpaired) electrons. The Morgan fingerprint density at radius 1 is 1.42 bits per heavy atom. The quantitative estimate of drug-likeness (QED) is 0.552. The topological polar surface area (TPSA) is 89.5 Å². The van der Waals surface area contributed by atoms with E-state index in [1.54, 1.807) is 6.07 Å². The van der Waals surface area contributed by atoms with Gasteiger partial charge >= 0.3 is 0 Å². The molecular weight excluding hydrogens is 158 g/mol. The SMILES string of the molecule is N#CC=Cc1cc(=O)[nH][nH]c1=O. The number of allylic oxidation sites excluding steroid dienone is 1. The molecule has 1 aromatic heterocycles. The Kier molecular flexibility index (Phi) is 2.23. The molecule has 1 aromatic rings. The van der Waals surface area contributed by atoms with E-state index in [-0.39, 0.29) is 5.56 Å². The van der Waals surface area contributed by atoms with Crippen LogP contribution in [-0.2, 0) is 0 Å². The standard InChI is InChI=1S/C7H5N3O2/c8-3-1-2-5-4-6(11)9-10-7(5)12/h1-2,4H,(H,9,11)(H,10,12). The number of nitriles is 1. The van der Waals surface area contributed by atoms with Crippen LogP contribution in [0.25, 0.3) is 6.08 Å². The summed E-state index contributed by atoms with van der Waals surface area (Å²) < 4.78 is 0. The summed E-state index contributed by atoms with van der Waals surface area (Å²) in [6.07, 6.45) is 2.40. The van der Waals surface area contributed by atoms with E-state index in [2.05, 4.69) is 10.2 Å². The summed E-state index contributed by atoms with van der Waals surface area (Å²) in [6.45, 7) is 0. The molecule has 5 nitrogen and oxygen atoms in total. The van der Waals surface area contributed by atoms with Crippen LogP contribution in [0.3, 0.4) is 0 Å². The first-order chi connectivity index (χ1) is 5.74. The summed E-state index contributed by atoms with van der Waals surface area (Å²) in [7, 11) is 0. The Bertz CT molecular complexity index is 447. The molecule has 0 atom stereocenters. The van der Waals surface area contributed by atoms with Gasteiger partial charge in [0.15, 0.2) is 0 Å². The van der Waals surface area contributed by atoms with Gasteiger partial charge in [0.25, 0.3) is 11.1 Å². The molecular formula is C7H5N3O2. The molecule has 0 amide bonds. The maximum atomic E-state index is 10.9. The monoisotopic (exact) mass is 163 g/mol. The van der Waals surface area contributed by atoms with Crippen LogP contribution in [0.1, 0.15) is 5.56 Å². The van der Waals surface area contributed by atoms with Gasteiger partial charge < -0.3 is 0 Å². The van der Waals surface area contributed by atoms with Crippen molar-refractivity contribution in [3.8, 4) is 6.07 Å². The van der Waals surface area contributed by atoms with Crippen molar-refractivity contribution < 1.29 is 0 Å². The highest BCUT2D eigenvalue weighted by Gasteiger charge is 1.93. The number of nitrogens with one attached hydrogen (secondary N) is 2. The number of nitrogens with zero attached hydrogens (tertiary/aromatic N) is 1. The molecule has 60 valence electrons. The normalized spacial score (nSPS) is 9.92. The zero-order chi connectivity index (χ0) is 8.97. The highest BCUT2D eigenvalue weighted by atomic mass is 16.1. The molecule has 1 heterocycles. The average molecular weight is 163 g/mol. The fourth-order valence-corrected chi connectivity index (χ4v) is 0.684. The molecule has 0 aliphatic heterocycles. The molecule has 0 aromatic carbocycles. The van der Waals surface area contributed by atoms with Crippen molar-refractivity contribution in [2.75, 3.05) is 0 Å². The highest BCUT2D eigenvalue weighted by Crippen LogP contribution is 1.86. The molecule has 0 fully saturated rings. The third kappa shape index (κ3) is 1.70. The van der Waals surface area contributed by atoms with Crippen LogP contribution in [0.4, 0.5) is 0 Å². The van der Waals surface area contributed by atoms with Crippen molar-refractivity contribution in [1.82, 2.24) is 10.2 Å².